The number of hydrogen-bond donors (Lipinski definition) is 1. The number of benzene rings is 2. The molecule has 1 unspecified atom stereocenters. The molecule has 26 heavy (non-hydrogen) atoms. The Morgan fingerprint density at radius 1 is 1.00 bits per heavy atom. The lowest BCUT2D eigenvalue weighted by atomic mass is 10.0. The van der Waals surface area contributed by atoms with Crippen LogP contribution >= 0.6 is 11.6 Å². The first-order valence-electron chi connectivity index (χ1n) is 8.94. The molecule has 1 heterocycles. The van der Waals surface area contributed by atoms with E-state index in [9.17, 15) is 9.59 Å². The average molecular weight is 371 g/mol. The molecule has 0 bridgehead atoms. The highest BCUT2D eigenvalue weighted by Gasteiger charge is 2.26. The average Bonchev–Trinajstić information content (AvgIpc) is 2.68. The Morgan fingerprint density at radius 2 is 1.58 bits per heavy atom. The highest BCUT2D eigenvalue weighted by atomic mass is 35.5. The third kappa shape index (κ3) is 4.44. The largest absolute Gasteiger partial charge is 0.349 e. The predicted molar refractivity (Wildman–Crippen MR) is 104 cm³/mol. The van der Waals surface area contributed by atoms with Gasteiger partial charge in [0.05, 0.1) is 0 Å². The van der Waals surface area contributed by atoms with Gasteiger partial charge >= 0.3 is 0 Å². The monoisotopic (exact) mass is 370 g/mol. The first kappa shape index (κ1) is 18.5. The van der Waals surface area contributed by atoms with E-state index < -0.39 is 5.38 Å². The molecule has 0 saturated carbocycles. The van der Waals surface area contributed by atoms with E-state index in [0.29, 0.717) is 18.7 Å². The van der Waals surface area contributed by atoms with Crippen LogP contribution in [0.4, 0.5) is 0 Å². The molecule has 136 valence electrons. The Balaban J connectivity index is 1.55. The summed E-state index contributed by atoms with van der Waals surface area (Å²) >= 11 is 5.86. The van der Waals surface area contributed by atoms with Crippen molar-refractivity contribution in [3.05, 3.63) is 60.2 Å². The van der Waals surface area contributed by atoms with Crippen molar-refractivity contribution < 1.29 is 9.59 Å². The molecular formula is C21H23ClN2O2. The number of amides is 2. The van der Waals surface area contributed by atoms with E-state index in [1.165, 1.54) is 0 Å². The Labute approximate surface area is 159 Å². The highest BCUT2D eigenvalue weighted by Crippen LogP contribution is 2.20. The van der Waals surface area contributed by atoms with Crippen molar-refractivity contribution in [3.8, 4) is 11.1 Å². The van der Waals surface area contributed by atoms with Crippen LogP contribution in [0.1, 0.15) is 30.1 Å². The number of alkyl halides is 1. The number of likely N-dealkylation sites (tertiary alicyclic amines) is 1. The topological polar surface area (TPSA) is 49.4 Å². The lowest BCUT2D eigenvalue weighted by Crippen LogP contribution is -2.48. The minimum absolute atomic E-state index is 0.0343. The molecule has 0 radical (unpaired) electrons. The third-order valence-electron chi connectivity index (χ3n) is 4.74. The van der Waals surface area contributed by atoms with Crippen molar-refractivity contribution in [3.63, 3.8) is 0 Å². The maximum absolute atomic E-state index is 12.5. The van der Waals surface area contributed by atoms with Crippen LogP contribution in [0.5, 0.6) is 0 Å². The minimum Gasteiger partial charge on any atom is -0.349 e. The lowest BCUT2D eigenvalue weighted by molar-refractivity contribution is -0.131. The summed E-state index contributed by atoms with van der Waals surface area (Å²) in [6.07, 6.45) is 1.51. The van der Waals surface area contributed by atoms with Crippen molar-refractivity contribution in [2.45, 2.75) is 31.2 Å². The first-order chi connectivity index (χ1) is 12.5. The molecule has 2 aromatic carbocycles. The van der Waals surface area contributed by atoms with Crippen LogP contribution in [-0.2, 0) is 4.79 Å². The summed E-state index contributed by atoms with van der Waals surface area (Å²) in [4.78, 5) is 26.1. The standard InChI is InChI=1S/C21H23ClN2O2/c1-15(22)21(26)24-13-11-19(12-14-24)23-20(25)18-9-7-17(8-10-18)16-5-3-2-4-6-16/h2-10,15,19H,11-14H2,1H3,(H,23,25). The molecule has 1 N–H and O–H groups in total. The normalized spacial score (nSPS) is 16.2. The van der Waals surface area contributed by atoms with Gasteiger partial charge in [0.2, 0.25) is 5.91 Å². The van der Waals surface area contributed by atoms with E-state index in [-0.39, 0.29) is 17.9 Å². The number of nitrogens with one attached hydrogen (secondary N) is 1. The number of piperidine rings is 1. The third-order valence-corrected chi connectivity index (χ3v) is 4.92. The Morgan fingerprint density at radius 3 is 2.15 bits per heavy atom. The molecule has 1 aliphatic heterocycles. The van der Waals surface area contributed by atoms with Crippen molar-refractivity contribution in [1.82, 2.24) is 10.2 Å². The SMILES string of the molecule is CC(Cl)C(=O)N1CCC(NC(=O)c2ccc(-c3ccccc3)cc2)CC1. The zero-order valence-electron chi connectivity index (χ0n) is 14.8. The van der Waals surface area contributed by atoms with Crippen LogP contribution in [0.2, 0.25) is 0 Å². The van der Waals surface area contributed by atoms with Crippen LogP contribution in [0.15, 0.2) is 54.6 Å². The molecule has 4 nitrogen and oxygen atoms in total. The molecule has 5 heteroatoms. The number of hydrogen-bond acceptors (Lipinski definition) is 2. The van der Waals surface area contributed by atoms with E-state index >= 15 is 0 Å². The number of carbonyl (C=O) groups is 2. The predicted octanol–water partition coefficient (Wildman–Crippen LogP) is 3.70. The molecular weight excluding hydrogens is 348 g/mol. The molecule has 1 saturated heterocycles. The highest BCUT2D eigenvalue weighted by molar-refractivity contribution is 6.30. The lowest BCUT2D eigenvalue weighted by Gasteiger charge is -2.33. The minimum atomic E-state index is -0.496. The smallest absolute Gasteiger partial charge is 0.251 e. The second kappa shape index (κ2) is 8.37. The Bertz CT molecular complexity index is 751. The van der Waals surface area contributed by atoms with E-state index in [1.54, 1.807) is 11.8 Å². The Hall–Kier alpha value is -2.33. The molecule has 2 amide bonds. The zero-order valence-corrected chi connectivity index (χ0v) is 15.6. The van der Waals surface area contributed by atoms with Gasteiger partial charge in [-0.1, -0.05) is 42.5 Å². The van der Waals surface area contributed by atoms with Gasteiger partial charge in [-0.25, -0.2) is 0 Å². The van der Waals surface area contributed by atoms with Crippen LogP contribution in [0.25, 0.3) is 11.1 Å². The van der Waals surface area contributed by atoms with Gasteiger partial charge in [0.1, 0.15) is 5.38 Å². The van der Waals surface area contributed by atoms with Gasteiger partial charge in [-0.2, -0.15) is 0 Å². The van der Waals surface area contributed by atoms with Crippen molar-refractivity contribution in [2.75, 3.05) is 13.1 Å². The maximum Gasteiger partial charge on any atom is 0.251 e. The fourth-order valence-corrected chi connectivity index (χ4v) is 3.35. The number of rotatable bonds is 4. The first-order valence-corrected chi connectivity index (χ1v) is 9.37. The number of halogens is 1. The van der Waals surface area contributed by atoms with Gasteiger partial charge in [0.25, 0.3) is 5.91 Å². The van der Waals surface area contributed by atoms with Crippen LogP contribution in [0, 0.1) is 0 Å². The van der Waals surface area contributed by atoms with E-state index in [2.05, 4.69) is 5.32 Å². The van der Waals surface area contributed by atoms with Gasteiger partial charge in [-0.3, -0.25) is 9.59 Å². The van der Waals surface area contributed by atoms with Crippen LogP contribution in [0.3, 0.4) is 0 Å². The molecule has 3 rings (SSSR count). The summed E-state index contributed by atoms with van der Waals surface area (Å²) < 4.78 is 0. The summed E-state index contributed by atoms with van der Waals surface area (Å²) in [6.45, 7) is 2.96. The molecule has 0 aliphatic carbocycles. The molecule has 0 spiro atoms. The fraction of sp³-hybridized carbons (Fsp3) is 0.333. The van der Waals surface area contributed by atoms with Crippen molar-refractivity contribution >= 4 is 23.4 Å². The van der Waals surface area contributed by atoms with E-state index in [0.717, 1.165) is 24.0 Å². The summed E-state index contributed by atoms with van der Waals surface area (Å²) in [7, 11) is 0. The van der Waals surface area contributed by atoms with E-state index in [1.807, 2.05) is 54.6 Å². The summed E-state index contributed by atoms with van der Waals surface area (Å²) in [5.74, 6) is -0.104. The molecule has 1 aliphatic rings. The molecule has 0 aromatic heterocycles. The zero-order chi connectivity index (χ0) is 18.5. The van der Waals surface area contributed by atoms with Crippen molar-refractivity contribution in [2.24, 2.45) is 0 Å². The van der Waals surface area contributed by atoms with Crippen molar-refractivity contribution in [1.29, 1.82) is 0 Å². The fourth-order valence-electron chi connectivity index (χ4n) is 3.21. The van der Waals surface area contributed by atoms with Gasteiger partial charge in [-0.15, -0.1) is 11.6 Å². The quantitative estimate of drug-likeness (QED) is 0.834. The van der Waals surface area contributed by atoms with Crippen LogP contribution in [-0.4, -0.2) is 41.2 Å². The maximum atomic E-state index is 12.5. The number of nitrogens with zero attached hydrogens (tertiary/aromatic N) is 1. The summed E-state index contributed by atoms with van der Waals surface area (Å²) in [6, 6.07) is 17.8. The second-order valence-corrected chi connectivity index (χ2v) is 7.29. The van der Waals surface area contributed by atoms with Crippen LogP contribution < -0.4 is 5.32 Å². The van der Waals surface area contributed by atoms with Gasteiger partial charge in [0.15, 0.2) is 0 Å². The summed E-state index contributed by atoms with van der Waals surface area (Å²) in [5.41, 5.74) is 2.87. The Kier molecular flexibility index (Phi) is 5.94. The molecule has 1 fully saturated rings. The second-order valence-electron chi connectivity index (χ2n) is 6.63. The van der Waals surface area contributed by atoms with E-state index in [4.69, 9.17) is 11.6 Å². The molecule has 2 aromatic rings. The van der Waals surface area contributed by atoms with Gasteiger partial charge < -0.3 is 10.2 Å². The number of carbonyl (C=O) groups excluding carboxylic acids is 2. The molecule has 1 atom stereocenters. The van der Waals surface area contributed by atoms with Gasteiger partial charge in [-0.05, 0) is 43.0 Å². The van der Waals surface area contributed by atoms with Gasteiger partial charge in [0, 0.05) is 24.7 Å². The summed E-state index contributed by atoms with van der Waals surface area (Å²) in [5, 5.41) is 2.58.